The van der Waals surface area contributed by atoms with Gasteiger partial charge in [-0.2, -0.15) is 0 Å². The molecular formula is C20H28N4O7. The molecule has 1 amide bonds. The zero-order valence-corrected chi connectivity index (χ0v) is 17.8. The second kappa shape index (κ2) is 14.3. The normalized spacial score (nSPS) is 10.6. The number of nitrogens with one attached hydrogen (secondary N) is 1. The Hall–Kier alpha value is -3.73. The first-order chi connectivity index (χ1) is 14.6. The number of nitrogens with zero attached hydrogens (tertiary/aromatic N) is 3. The van der Waals surface area contributed by atoms with E-state index in [0.29, 0.717) is 5.69 Å². The highest BCUT2D eigenvalue weighted by molar-refractivity contribution is 5.86. The van der Waals surface area contributed by atoms with Crippen LogP contribution in [0.1, 0.15) is 28.7 Å². The Morgan fingerprint density at radius 2 is 1.61 bits per heavy atom. The molecule has 1 aromatic carbocycles. The van der Waals surface area contributed by atoms with Crippen LogP contribution in [0.5, 0.6) is 0 Å². The van der Waals surface area contributed by atoms with Gasteiger partial charge in [-0.25, -0.2) is 4.98 Å². The maximum absolute atomic E-state index is 13.1. The highest BCUT2D eigenvalue weighted by Gasteiger charge is 2.29. The first-order valence-corrected chi connectivity index (χ1v) is 9.00. The number of aliphatic carboxylic acids is 1. The van der Waals surface area contributed by atoms with Gasteiger partial charge >= 0.3 is 5.97 Å². The molecule has 2 aromatic rings. The summed E-state index contributed by atoms with van der Waals surface area (Å²) in [6, 6.07) is 7.13. The molecule has 0 spiro atoms. The van der Waals surface area contributed by atoms with Gasteiger partial charge in [0.2, 0.25) is 5.91 Å². The highest BCUT2D eigenvalue weighted by Crippen LogP contribution is 2.22. The number of rotatable bonds is 7. The molecule has 1 unspecified atom stereocenters. The molecule has 4 N–H and O–H groups in total. The number of H-pyrrole nitrogens is 1. The molecule has 0 radical (unpaired) electrons. The van der Waals surface area contributed by atoms with Gasteiger partial charge in [0.1, 0.15) is 18.4 Å². The van der Waals surface area contributed by atoms with E-state index in [1.807, 2.05) is 52.2 Å². The van der Waals surface area contributed by atoms with Crippen LogP contribution in [0.25, 0.3) is 0 Å². The fourth-order valence-electron chi connectivity index (χ4n) is 2.72. The lowest BCUT2D eigenvalue weighted by molar-refractivity contribution is -0.147. The van der Waals surface area contributed by atoms with Crippen molar-refractivity contribution in [1.29, 1.82) is 0 Å². The van der Waals surface area contributed by atoms with Gasteiger partial charge in [-0.05, 0) is 33.5 Å². The first-order valence-electron chi connectivity index (χ1n) is 9.00. The summed E-state index contributed by atoms with van der Waals surface area (Å²) in [6.07, 6.45) is 1.62. The Kier molecular flexibility index (Phi) is 12.6. The highest BCUT2D eigenvalue weighted by atomic mass is 16.4. The number of aryl methyl sites for hydroxylation is 2. The van der Waals surface area contributed by atoms with E-state index in [1.54, 1.807) is 11.1 Å². The van der Waals surface area contributed by atoms with Gasteiger partial charge in [-0.15, -0.1) is 0 Å². The number of benzene rings is 1. The summed E-state index contributed by atoms with van der Waals surface area (Å²) >= 11 is 0. The minimum atomic E-state index is -1.05. The summed E-state index contributed by atoms with van der Waals surface area (Å²) in [5.74, 6) is -0.588. The monoisotopic (exact) mass is 436 g/mol. The van der Waals surface area contributed by atoms with E-state index in [4.69, 9.17) is 19.8 Å². The average molecular weight is 436 g/mol. The molecule has 0 saturated heterocycles. The van der Waals surface area contributed by atoms with Gasteiger partial charge in [-0.3, -0.25) is 24.1 Å². The molecule has 1 aromatic heterocycles. The third-order valence-electron chi connectivity index (χ3n) is 3.90. The van der Waals surface area contributed by atoms with E-state index in [1.165, 1.54) is 4.90 Å². The van der Waals surface area contributed by atoms with Gasteiger partial charge in [0, 0.05) is 0 Å². The number of amides is 1. The smallest absolute Gasteiger partial charge is 0.323 e. The maximum Gasteiger partial charge on any atom is 0.323 e. The number of aromatic amines is 1. The first kappa shape index (κ1) is 27.3. The molecule has 170 valence electrons. The van der Waals surface area contributed by atoms with Crippen LogP contribution in [0.2, 0.25) is 0 Å². The summed E-state index contributed by atoms with van der Waals surface area (Å²) < 4.78 is 0. The fraction of sp³-hybridized carbons (Fsp3) is 0.350. The van der Waals surface area contributed by atoms with Crippen molar-refractivity contribution >= 4 is 24.8 Å². The second-order valence-electron chi connectivity index (χ2n) is 6.57. The quantitative estimate of drug-likeness (QED) is 0.466. The van der Waals surface area contributed by atoms with Crippen molar-refractivity contribution in [3.8, 4) is 0 Å². The van der Waals surface area contributed by atoms with E-state index >= 15 is 0 Å². The van der Waals surface area contributed by atoms with Crippen LogP contribution in [0.15, 0.2) is 30.5 Å². The predicted molar refractivity (Wildman–Crippen MR) is 111 cm³/mol. The molecule has 11 heteroatoms. The van der Waals surface area contributed by atoms with E-state index in [-0.39, 0.29) is 31.9 Å². The molecule has 31 heavy (non-hydrogen) atoms. The molecule has 11 nitrogen and oxygen atoms in total. The van der Waals surface area contributed by atoms with E-state index in [0.717, 1.165) is 17.0 Å². The van der Waals surface area contributed by atoms with Crippen LogP contribution >= 0.6 is 0 Å². The number of carbonyl (C=O) groups is 4. The fourth-order valence-corrected chi connectivity index (χ4v) is 2.72. The Labute approximate surface area is 179 Å². The number of carboxylic acid groups (broad SMARTS) is 3. The van der Waals surface area contributed by atoms with Crippen molar-refractivity contribution in [3.63, 3.8) is 0 Å². The number of imidazole rings is 1. The third kappa shape index (κ3) is 10.0. The van der Waals surface area contributed by atoms with Gasteiger partial charge < -0.3 is 25.2 Å². The largest absolute Gasteiger partial charge is 0.483 e. The number of carbonyl (C=O) groups excluding carboxylic acids is 1. The van der Waals surface area contributed by atoms with Gasteiger partial charge in [0.25, 0.3) is 12.9 Å². The van der Waals surface area contributed by atoms with E-state index in [2.05, 4.69) is 9.97 Å². The van der Waals surface area contributed by atoms with E-state index in [9.17, 15) is 14.7 Å². The summed E-state index contributed by atoms with van der Waals surface area (Å²) in [5.41, 5.74) is 2.63. The Morgan fingerprint density at radius 1 is 1.10 bits per heavy atom. The van der Waals surface area contributed by atoms with Crippen molar-refractivity contribution in [3.05, 3.63) is 53.1 Å². The van der Waals surface area contributed by atoms with Crippen molar-refractivity contribution in [1.82, 2.24) is 19.8 Å². The SMILES string of the molecule is Cc1ccc(C(C(=O)N(CC(=O)O)Cc2cnc(C)[nH]2)N(C)C)cc1.O=CO.O=CO. The van der Waals surface area contributed by atoms with Crippen molar-refractivity contribution in [2.24, 2.45) is 0 Å². The Bertz CT molecular complexity index is 828. The van der Waals surface area contributed by atoms with Crippen LogP contribution in [-0.4, -0.2) is 80.5 Å². The zero-order chi connectivity index (χ0) is 24.0. The molecule has 0 fully saturated rings. The summed E-state index contributed by atoms with van der Waals surface area (Å²) in [7, 11) is 3.61. The van der Waals surface area contributed by atoms with Crippen molar-refractivity contribution < 1.29 is 34.5 Å². The van der Waals surface area contributed by atoms with Gasteiger partial charge in [0.05, 0.1) is 18.4 Å². The number of carboxylic acids is 1. The second-order valence-corrected chi connectivity index (χ2v) is 6.57. The minimum Gasteiger partial charge on any atom is -0.483 e. The van der Waals surface area contributed by atoms with Gasteiger partial charge in [0.15, 0.2) is 0 Å². The summed E-state index contributed by atoms with van der Waals surface area (Å²) in [6.45, 7) is 3.09. The maximum atomic E-state index is 13.1. The molecule has 2 rings (SSSR count). The molecular weight excluding hydrogens is 408 g/mol. The van der Waals surface area contributed by atoms with Crippen LogP contribution in [0.3, 0.4) is 0 Å². The number of hydrogen-bond donors (Lipinski definition) is 4. The number of hydrogen-bond acceptors (Lipinski definition) is 6. The third-order valence-corrected chi connectivity index (χ3v) is 3.90. The molecule has 1 heterocycles. The topological polar surface area (TPSA) is 164 Å². The predicted octanol–water partition coefficient (Wildman–Crippen LogP) is 1.14. The van der Waals surface area contributed by atoms with Gasteiger partial charge in [-0.1, -0.05) is 29.8 Å². The Morgan fingerprint density at radius 3 is 2.00 bits per heavy atom. The standard InChI is InChI=1S/C18H24N4O3.2CH2O2/c1-12-5-7-14(8-6-12)17(21(3)4)18(25)22(11-16(23)24)10-15-9-19-13(2)20-15;2*2-1-3/h5-9,17H,10-11H2,1-4H3,(H,19,20)(H,23,24);2*1H,(H,2,3). The molecule has 0 saturated carbocycles. The summed E-state index contributed by atoms with van der Waals surface area (Å²) in [4.78, 5) is 51.3. The lowest BCUT2D eigenvalue weighted by Crippen LogP contribution is -2.42. The molecule has 1 atom stereocenters. The van der Waals surface area contributed by atoms with Crippen molar-refractivity contribution in [2.45, 2.75) is 26.4 Å². The average Bonchev–Trinajstić information content (AvgIpc) is 3.08. The molecule has 0 aliphatic rings. The lowest BCUT2D eigenvalue weighted by Gasteiger charge is -2.30. The van der Waals surface area contributed by atoms with Crippen LogP contribution in [0, 0.1) is 13.8 Å². The van der Waals surface area contributed by atoms with Crippen LogP contribution in [-0.2, 0) is 25.7 Å². The number of aromatic nitrogens is 2. The van der Waals surface area contributed by atoms with E-state index < -0.39 is 12.0 Å². The summed E-state index contributed by atoms with van der Waals surface area (Å²) in [5, 5.41) is 23.0. The lowest BCUT2D eigenvalue weighted by atomic mass is 10.0. The van der Waals surface area contributed by atoms with Crippen molar-refractivity contribution in [2.75, 3.05) is 20.6 Å². The number of likely N-dealkylation sites (N-methyl/N-ethyl adjacent to an activating group) is 1. The zero-order valence-electron chi connectivity index (χ0n) is 17.8. The van der Waals surface area contributed by atoms with Crippen LogP contribution < -0.4 is 0 Å². The Balaban J connectivity index is 0.00000134. The van der Waals surface area contributed by atoms with Crippen LogP contribution in [0.4, 0.5) is 0 Å². The molecule has 0 bridgehead atoms. The minimum absolute atomic E-state index is 0.169. The molecule has 0 aliphatic heterocycles. The molecule has 0 aliphatic carbocycles.